The first-order valence-electron chi connectivity index (χ1n) is 11.3. The minimum absolute atomic E-state index is 0.104. The van der Waals surface area contributed by atoms with E-state index >= 15 is 0 Å². The lowest BCUT2D eigenvalue weighted by Gasteiger charge is -2.23. The van der Waals surface area contributed by atoms with Gasteiger partial charge in [0.25, 0.3) is 0 Å². The quantitative estimate of drug-likeness (QED) is 0.473. The van der Waals surface area contributed by atoms with Crippen LogP contribution in [0.5, 0.6) is 0 Å². The van der Waals surface area contributed by atoms with E-state index in [1.54, 1.807) is 0 Å². The second kappa shape index (κ2) is 13.9. The fraction of sp³-hybridized carbons (Fsp3) is 0.423. The Kier molecular flexibility index (Phi) is 10.9. The Morgan fingerprint density at radius 3 is 2.03 bits per heavy atom. The molecule has 0 aliphatic rings. The molecular formula is C26H34N2O5. The van der Waals surface area contributed by atoms with E-state index in [1.165, 1.54) is 7.11 Å². The predicted octanol–water partition coefficient (Wildman–Crippen LogP) is 4.01. The second-order valence-corrected chi connectivity index (χ2v) is 8.35. The van der Waals surface area contributed by atoms with Crippen LogP contribution < -0.4 is 10.6 Å². The number of ether oxygens (including phenoxy) is 2. The van der Waals surface area contributed by atoms with Crippen molar-refractivity contribution in [1.29, 1.82) is 0 Å². The summed E-state index contributed by atoms with van der Waals surface area (Å²) in [6.07, 6.45) is 1.64. The minimum Gasteiger partial charge on any atom is -0.467 e. The van der Waals surface area contributed by atoms with Crippen molar-refractivity contribution in [2.75, 3.05) is 7.11 Å². The highest BCUT2D eigenvalue weighted by molar-refractivity contribution is 5.89. The Morgan fingerprint density at radius 1 is 0.848 bits per heavy atom. The van der Waals surface area contributed by atoms with Gasteiger partial charge in [-0.25, -0.2) is 9.59 Å². The van der Waals surface area contributed by atoms with E-state index in [1.807, 2.05) is 74.5 Å². The van der Waals surface area contributed by atoms with Crippen LogP contribution in [0.2, 0.25) is 0 Å². The largest absolute Gasteiger partial charge is 0.467 e. The topological polar surface area (TPSA) is 93.7 Å². The van der Waals surface area contributed by atoms with Crippen LogP contribution in [-0.2, 0) is 32.1 Å². The van der Waals surface area contributed by atoms with Crippen molar-refractivity contribution < 1.29 is 23.9 Å². The number of benzene rings is 2. The third kappa shape index (κ3) is 9.76. The maximum Gasteiger partial charge on any atom is 0.408 e. The summed E-state index contributed by atoms with van der Waals surface area (Å²) in [7, 11) is 1.30. The number of esters is 1. The van der Waals surface area contributed by atoms with Crippen LogP contribution in [-0.4, -0.2) is 37.2 Å². The zero-order valence-corrected chi connectivity index (χ0v) is 19.6. The molecule has 2 rings (SSSR count). The van der Waals surface area contributed by atoms with Gasteiger partial charge in [0.2, 0.25) is 5.91 Å². The van der Waals surface area contributed by atoms with Crippen LogP contribution in [0.4, 0.5) is 4.79 Å². The molecule has 7 heteroatoms. The van der Waals surface area contributed by atoms with Gasteiger partial charge in [0.15, 0.2) is 0 Å². The van der Waals surface area contributed by atoms with Gasteiger partial charge in [0.05, 0.1) is 7.11 Å². The van der Waals surface area contributed by atoms with Gasteiger partial charge in [-0.3, -0.25) is 4.79 Å². The summed E-state index contributed by atoms with van der Waals surface area (Å²) in [4.78, 5) is 37.5. The normalized spacial score (nSPS) is 12.5. The van der Waals surface area contributed by atoms with Crippen LogP contribution in [0.3, 0.4) is 0 Å². The average Bonchev–Trinajstić information content (AvgIpc) is 2.82. The molecule has 2 aromatic carbocycles. The standard InChI is InChI=1S/C26H34N2O5/c1-19(2)17-23(28-26(31)33-18-21-13-8-5-9-14-21)24(29)27-22(25(30)32-3)16-10-15-20-11-6-4-7-12-20/h4-9,11-14,19,22-23H,10,15-18H2,1-3H3,(H,27,29)(H,28,31)/t22-,23+/m1/s1. The second-order valence-electron chi connectivity index (χ2n) is 8.35. The summed E-state index contributed by atoms with van der Waals surface area (Å²) in [5.74, 6) is -0.799. The first kappa shape index (κ1) is 25.9. The Morgan fingerprint density at radius 2 is 1.45 bits per heavy atom. The Balaban J connectivity index is 1.94. The van der Waals surface area contributed by atoms with E-state index in [0.29, 0.717) is 19.3 Å². The minimum atomic E-state index is -0.824. The number of alkyl carbamates (subject to hydrolysis) is 1. The fourth-order valence-corrected chi connectivity index (χ4v) is 3.43. The number of carbonyl (C=O) groups is 3. The molecule has 0 aliphatic heterocycles. The number of carbonyl (C=O) groups excluding carboxylic acids is 3. The number of hydrogen-bond acceptors (Lipinski definition) is 5. The summed E-state index contributed by atoms with van der Waals surface area (Å²) >= 11 is 0. The van der Waals surface area contributed by atoms with Crippen LogP contribution >= 0.6 is 0 Å². The van der Waals surface area contributed by atoms with Crippen molar-refractivity contribution >= 4 is 18.0 Å². The molecule has 2 aromatic rings. The molecule has 7 nitrogen and oxygen atoms in total. The number of rotatable bonds is 12. The first-order chi connectivity index (χ1) is 15.9. The van der Waals surface area contributed by atoms with E-state index in [2.05, 4.69) is 10.6 Å². The molecule has 2 atom stereocenters. The molecule has 0 fully saturated rings. The molecular weight excluding hydrogens is 420 g/mol. The third-order valence-electron chi connectivity index (χ3n) is 5.13. The van der Waals surface area contributed by atoms with Crippen molar-refractivity contribution in [3.8, 4) is 0 Å². The summed E-state index contributed by atoms with van der Waals surface area (Å²) in [5, 5.41) is 5.39. The van der Waals surface area contributed by atoms with E-state index in [0.717, 1.165) is 17.5 Å². The molecule has 33 heavy (non-hydrogen) atoms. The molecule has 0 radical (unpaired) electrons. The van der Waals surface area contributed by atoms with Gasteiger partial charge in [0.1, 0.15) is 18.7 Å². The lowest BCUT2D eigenvalue weighted by atomic mass is 10.0. The SMILES string of the molecule is COC(=O)[C@@H](CCCc1ccccc1)NC(=O)[C@H](CC(C)C)NC(=O)OCc1ccccc1. The van der Waals surface area contributed by atoms with Crippen molar-refractivity contribution in [3.63, 3.8) is 0 Å². The lowest BCUT2D eigenvalue weighted by Crippen LogP contribution is -2.52. The van der Waals surface area contributed by atoms with Gasteiger partial charge < -0.3 is 20.1 Å². The number of hydrogen-bond donors (Lipinski definition) is 2. The summed E-state index contributed by atoms with van der Waals surface area (Å²) in [6.45, 7) is 4.01. The van der Waals surface area contributed by atoms with Gasteiger partial charge in [-0.15, -0.1) is 0 Å². The molecule has 0 unspecified atom stereocenters. The monoisotopic (exact) mass is 454 g/mol. The molecule has 0 spiro atoms. The van der Waals surface area contributed by atoms with Gasteiger partial charge in [-0.1, -0.05) is 74.5 Å². The Hall–Kier alpha value is -3.35. The Bertz CT molecular complexity index is 871. The van der Waals surface area contributed by atoms with Crippen molar-refractivity contribution in [2.45, 2.75) is 58.2 Å². The molecule has 0 aromatic heterocycles. The van der Waals surface area contributed by atoms with E-state index in [4.69, 9.17) is 9.47 Å². The number of methoxy groups -OCH3 is 1. The zero-order valence-electron chi connectivity index (χ0n) is 19.6. The van der Waals surface area contributed by atoms with Gasteiger partial charge in [-0.05, 0) is 42.7 Å². The molecule has 0 heterocycles. The summed E-state index contributed by atoms with van der Waals surface area (Å²) in [5.41, 5.74) is 2.01. The van der Waals surface area contributed by atoms with Gasteiger partial charge in [-0.2, -0.15) is 0 Å². The highest BCUT2D eigenvalue weighted by atomic mass is 16.5. The van der Waals surface area contributed by atoms with Gasteiger partial charge >= 0.3 is 12.1 Å². The fourth-order valence-electron chi connectivity index (χ4n) is 3.43. The van der Waals surface area contributed by atoms with Crippen molar-refractivity contribution in [1.82, 2.24) is 10.6 Å². The predicted molar refractivity (Wildman–Crippen MR) is 126 cm³/mol. The molecule has 0 aliphatic carbocycles. The molecule has 2 N–H and O–H groups in total. The molecule has 2 amide bonds. The van der Waals surface area contributed by atoms with Crippen molar-refractivity contribution in [2.24, 2.45) is 5.92 Å². The summed E-state index contributed by atoms with van der Waals surface area (Å²) in [6, 6.07) is 17.6. The molecule has 178 valence electrons. The first-order valence-corrected chi connectivity index (χ1v) is 11.3. The number of nitrogens with one attached hydrogen (secondary N) is 2. The van der Waals surface area contributed by atoms with Crippen LogP contribution in [0.15, 0.2) is 60.7 Å². The van der Waals surface area contributed by atoms with Crippen molar-refractivity contribution in [3.05, 3.63) is 71.8 Å². The van der Waals surface area contributed by atoms with Crippen LogP contribution in [0, 0.1) is 5.92 Å². The maximum absolute atomic E-state index is 13.0. The maximum atomic E-state index is 13.0. The lowest BCUT2D eigenvalue weighted by molar-refractivity contribution is -0.145. The van der Waals surface area contributed by atoms with Crippen LogP contribution in [0.25, 0.3) is 0 Å². The summed E-state index contributed by atoms with van der Waals surface area (Å²) < 4.78 is 10.1. The molecule has 0 saturated carbocycles. The number of aryl methyl sites for hydroxylation is 1. The zero-order chi connectivity index (χ0) is 24.1. The van der Waals surface area contributed by atoms with E-state index in [9.17, 15) is 14.4 Å². The van der Waals surface area contributed by atoms with E-state index in [-0.39, 0.29) is 12.5 Å². The molecule has 0 saturated heterocycles. The van der Waals surface area contributed by atoms with E-state index < -0.39 is 30.1 Å². The Labute approximate surface area is 195 Å². The average molecular weight is 455 g/mol. The molecule has 0 bridgehead atoms. The smallest absolute Gasteiger partial charge is 0.408 e. The highest BCUT2D eigenvalue weighted by Gasteiger charge is 2.28. The highest BCUT2D eigenvalue weighted by Crippen LogP contribution is 2.10. The van der Waals surface area contributed by atoms with Gasteiger partial charge in [0, 0.05) is 0 Å². The van der Waals surface area contributed by atoms with Crippen LogP contribution in [0.1, 0.15) is 44.2 Å². The third-order valence-corrected chi connectivity index (χ3v) is 5.13. The number of amides is 2.